The SMILES string of the molecule is O=C(N[C@@]1(C(F)(F)F)NC(=O)N(CCc2ccccc2)C1=O)c1cccnc1. The Morgan fingerprint density at radius 2 is 1.86 bits per heavy atom. The van der Waals surface area contributed by atoms with Gasteiger partial charge in [0.2, 0.25) is 0 Å². The third-order valence-corrected chi connectivity index (χ3v) is 4.22. The molecule has 1 aromatic heterocycles. The third-order valence-electron chi connectivity index (χ3n) is 4.22. The predicted molar refractivity (Wildman–Crippen MR) is 90.9 cm³/mol. The molecule has 1 atom stereocenters. The maximum Gasteiger partial charge on any atom is 0.440 e. The van der Waals surface area contributed by atoms with E-state index in [1.54, 1.807) is 41.0 Å². The molecule has 10 heteroatoms. The molecule has 2 aromatic rings. The fourth-order valence-electron chi connectivity index (χ4n) is 2.75. The first kappa shape index (κ1) is 19.3. The molecule has 2 heterocycles. The van der Waals surface area contributed by atoms with Crippen molar-refractivity contribution < 1.29 is 27.6 Å². The van der Waals surface area contributed by atoms with E-state index in [1.165, 1.54) is 18.3 Å². The molecule has 0 radical (unpaired) electrons. The first-order valence-corrected chi connectivity index (χ1v) is 8.22. The Labute approximate surface area is 157 Å². The summed E-state index contributed by atoms with van der Waals surface area (Å²) in [6.45, 7) is -0.269. The van der Waals surface area contributed by atoms with Crippen LogP contribution in [0.2, 0.25) is 0 Å². The van der Waals surface area contributed by atoms with Gasteiger partial charge in [0.25, 0.3) is 17.5 Å². The van der Waals surface area contributed by atoms with Crippen molar-refractivity contribution in [3.8, 4) is 0 Å². The predicted octanol–water partition coefficient (Wildman–Crippen LogP) is 1.86. The number of halogens is 3. The topological polar surface area (TPSA) is 91.4 Å². The second kappa shape index (κ2) is 7.29. The zero-order valence-corrected chi connectivity index (χ0v) is 14.4. The molecule has 146 valence electrons. The van der Waals surface area contributed by atoms with Gasteiger partial charge in [-0.05, 0) is 24.1 Å². The zero-order chi connectivity index (χ0) is 20.4. The molecule has 4 amide bonds. The second-order valence-corrected chi connectivity index (χ2v) is 6.07. The summed E-state index contributed by atoms with van der Waals surface area (Å²) in [5, 5.41) is 3.23. The van der Waals surface area contributed by atoms with Crippen LogP contribution in [0.4, 0.5) is 18.0 Å². The van der Waals surface area contributed by atoms with Crippen molar-refractivity contribution in [3.05, 3.63) is 66.0 Å². The monoisotopic (exact) mass is 392 g/mol. The molecule has 0 saturated carbocycles. The number of aromatic nitrogens is 1. The van der Waals surface area contributed by atoms with Gasteiger partial charge in [-0.2, -0.15) is 13.2 Å². The number of nitrogens with one attached hydrogen (secondary N) is 2. The molecule has 2 N–H and O–H groups in total. The molecule has 1 saturated heterocycles. The van der Waals surface area contributed by atoms with E-state index in [9.17, 15) is 27.6 Å². The highest BCUT2D eigenvalue weighted by molar-refractivity contribution is 6.10. The van der Waals surface area contributed by atoms with Gasteiger partial charge < -0.3 is 5.32 Å². The minimum Gasteiger partial charge on any atom is -0.314 e. The van der Waals surface area contributed by atoms with Crippen LogP contribution >= 0.6 is 0 Å². The van der Waals surface area contributed by atoms with Crippen molar-refractivity contribution in [3.63, 3.8) is 0 Å². The largest absolute Gasteiger partial charge is 0.440 e. The van der Waals surface area contributed by atoms with Crippen LogP contribution in [0.15, 0.2) is 54.9 Å². The molecule has 7 nitrogen and oxygen atoms in total. The molecule has 1 aromatic carbocycles. The average molecular weight is 392 g/mol. The number of nitrogens with zero attached hydrogens (tertiary/aromatic N) is 2. The van der Waals surface area contributed by atoms with Crippen LogP contribution in [0.3, 0.4) is 0 Å². The molecular weight excluding hydrogens is 377 g/mol. The van der Waals surface area contributed by atoms with E-state index in [4.69, 9.17) is 0 Å². The van der Waals surface area contributed by atoms with E-state index in [1.807, 2.05) is 0 Å². The molecule has 0 unspecified atom stereocenters. The van der Waals surface area contributed by atoms with Crippen molar-refractivity contribution in [2.75, 3.05) is 6.54 Å². The summed E-state index contributed by atoms with van der Waals surface area (Å²) < 4.78 is 41.3. The molecule has 1 fully saturated rings. The van der Waals surface area contributed by atoms with Gasteiger partial charge in [-0.25, -0.2) is 4.79 Å². The highest BCUT2D eigenvalue weighted by Crippen LogP contribution is 2.34. The first-order chi connectivity index (χ1) is 13.2. The molecule has 1 aliphatic rings. The van der Waals surface area contributed by atoms with Crippen LogP contribution in [-0.4, -0.2) is 46.1 Å². The van der Waals surface area contributed by atoms with Crippen LogP contribution in [0, 0.1) is 0 Å². The Morgan fingerprint density at radius 1 is 1.14 bits per heavy atom. The summed E-state index contributed by atoms with van der Waals surface area (Å²) in [7, 11) is 0. The molecule has 1 aliphatic heterocycles. The summed E-state index contributed by atoms with van der Waals surface area (Å²) in [5.74, 6) is -2.78. The maximum atomic E-state index is 13.8. The number of benzene rings is 1. The second-order valence-electron chi connectivity index (χ2n) is 6.07. The Kier molecular flexibility index (Phi) is 5.04. The molecular formula is C18H15F3N4O3. The molecule has 28 heavy (non-hydrogen) atoms. The summed E-state index contributed by atoms with van der Waals surface area (Å²) in [4.78, 5) is 41.0. The van der Waals surface area contributed by atoms with Gasteiger partial charge in [0.1, 0.15) is 0 Å². The normalized spacial score (nSPS) is 19.5. The van der Waals surface area contributed by atoms with Crippen molar-refractivity contribution in [1.82, 2.24) is 20.5 Å². The molecule has 0 spiro atoms. The van der Waals surface area contributed by atoms with E-state index < -0.39 is 29.7 Å². The van der Waals surface area contributed by atoms with Gasteiger partial charge in [0, 0.05) is 18.9 Å². The lowest BCUT2D eigenvalue weighted by atomic mass is 10.1. The highest BCUT2D eigenvalue weighted by atomic mass is 19.4. The summed E-state index contributed by atoms with van der Waals surface area (Å²) >= 11 is 0. The van der Waals surface area contributed by atoms with Crippen molar-refractivity contribution in [2.45, 2.75) is 18.3 Å². The maximum absolute atomic E-state index is 13.8. The quantitative estimate of drug-likeness (QED) is 0.760. The number of amides is 4. The van der Waals surface area contributed by atoms with E-state index in [0.29, 0.717) is 4.90 Å². The number of hydrogen-bond donors (Lipinski definition) is 2. The number of hydrogen-bond acceptors (Lipinski definition) is 4. The third kappa shape index (κ3) is 3.53. The average Bonchev–Trinajstić information content (AvgIpc) is 2.92. The number of carbonyl (C=O) groups is 3. The summed E-state index contributed by atoms with van der Waals surface area (Å²) in [5.41, 5.74) is -2.98. The number of rotatable bonds is 5. The van der Waals surface area contributed by atoms with Crippen LogP contribution in [0.25, 0.3) is 0 Å². The van der Waals surface area contributed by atoms with Crippen LogP contribution < -0.4 is 10.6 Å². The first-order valence-electron chi connectivity index (χ1n) is 8.22. The van der Waals surface area contributed by atoms with Crippen LogP contribution in [0.5, 0.6) is 0 Å². The number of urea groups is 1. The Morgan fingerprint density at radius 3 is 2.46 bits per heavy atom. The van der Waals surface area contributed by atoms with Crippen molar-refractivity contribution >= 4 is 17.8 Å². The van der Waals surface area contributed by atoms with Crippen molar-refractivity contribution in [2.24, 2.45) is 0 Å². The fourth-order valence-corrected chi connectivity index (χ4v) is 2.75. The fraction of sp³-hybridized carbons (Fsp3) is 0.222. The van der Waals surface area contributed by atoms with Gasteiger partial charge in [-0.3, -0.25) is 24.8 Å². The van der Waals surface area contributed by atoms with E-state index in [2.05, 4.69) is 4.98 Å². The van der Waals surface area contributed by atoms with Crippen LogP contribution in [0.1, 0.15) is 15.9 Å². The van der Waals surface area contributed by atoms with E-state index >= 15 is 0 Å². The van der Waals surface area contributed by atoms with E-state index in [-0.39, 0.29) is 18.5 Å². The lowest BCUT2D eigenvalue weighted by molar-refractivity contribution is -0.200. The number of imide groups is 1. The number of alkyl halides is 3. The lowest BCUT2D eigenvalue weighted by Gasteiger charge is -2.29. The minimum absolute atomic E-state index is 0.171. The Hall–Kier alpha value is -3.43. The Bertz CT molecular complexity index is 890. The van der Waals surface area contributed by atoms with Gasteiger partial charge in [-0.15, -0.1) is 0 Å². The van der Waals surface area contributed by atoms with Crippen molar-refractivity contribution in [1.29, 1.82) is 0 Å². The smallest absolute Gasteiger partial charge is 0.314 e. The van der Waals surface area contributed by atoms with Gasteiger partial charge in [0.15, 0.2) is 0 Å². The van der Waals surface area contributed by atoms with Gasteiger partial charge in [0.05, 0.1) is 5.56 Å². The van der Waals surface area contributed by atoms with E-state index in [0.717, 1.165) is 11.8 Å². The van der Waals surface area contributed by atoms with Gasteiger partial charge in [-0.1, -0.05) is 30.3 Å². The number of carbonyl (C=O) groups excluding carboxylic acids is 3. The van der Waals surface area contributed by atoms with Gasteiger partial charge >= 0.3 is 12.2 Å². The zero-order valence-electron chi connectivity index (χ0n) is 14.4. The highest BCUT2D eigenvalue weighted by Gasteiger charge is 2.68. The van der Waals surface area contributed by atoms with Crippen LogP contribution in [-0.2, 0) is 11.2 Å². The minimum atomic E-state index is -5.25. The standard InChI is InChI=1S/C18H15F3N4O3/c19-18(20,21)17(23-14(26)13-7-4-9-22-11-13)15(27)25(16(28)24-17)10-8-12-5-2-1-3-6-12/h1-7,9,11H,8,10H2,(H,23,26)(H,24,28)/t17-/m1/s1. The Balaban J connectivity index is 1.84. The molecule has 3 rings (SSSR count). The lowest BCUT2D eigenvalue weighted by Crippen LogP contribution is -2.69. The molecule has 0 aliphatic carbocycles. The number of pyridine rings is 1. The molecule has 0 bridgehead atoms. The summed E-state index contributed by atoms with van der Waals surface area (Å²) in [6.07, 6.45) is -2.69. The summed E-state index contributed by atoms with van der Waals surface area (Å²) in [6, 6.07) is 10.0.